The van der Waals surface area contributed by atoms with E-state index in [-0.39, 0.29) is 11.2 Å². The summed E-state index contributed by atoms with van der Waals surface area (Å²) in [4.78, 5) is 2.41. The predicted molar refractivity (Wildman–Crippen MR) is 153 cm³/mol. The smallest absolute Gasteiger partial charge is 0.216 e. The van der Waals surface area contributed by atoms with Gasteiger partial charge in [-0.15, -0.1) is 0 Å². The van der Waals surface area contributed by atoms with E-state index in [2.05, 4.69) is 79.9 Å². The molecule has 0 spiro atoms. The second kappa shape index (κ2) is 8.31. The molecule has 1 aliphatic rings. The maximum atomic E-state index is 15.7. The number of pyridine rings is 1. The minimum atomic E-state index is -0.277. The molecular weight excluding hydrogens is 489 g/mol. The van der Waals surface area contributed by atoms with Gasteiger partial charge in [-0.2, -0.15) is 0 Å². The first-order chi connectivity index (χ1) is 18.3. The molecule has 186 valence electrons. The fraction of sp³-hybridized carbons (Fsp3) is 0.147. The molecule has 4 heteroatoms. The third-order valence-corrected chi connectivity index (χ3v) is 9.14. The van der Waals surface area contributed by atoms with Gasteiger partial charge < -0.3 is 4.42 Å². The number of hydrogen-bond acceptors (Lipinski definition) is 2. The summed E-state index contributed by atoms with van der Waals surface area (Å²) in [6, 6.07) is 28.7. The lowest BCUT2D eigenvalue weighted by Crippen LogP contribution is -2.30. The summed E-state index contributed by atoms with van der Waals surface area (Å²) in [6.07, 6.45) is 2.03. The van der Waals surface area contributed by atoms with Gasteiger partial charge in [0.05, 0.1) is 11.1 Å². The molecule has 3 heterocycles. The summed E-state index contributed by atoms with van der Waals surface area (Å²) in [5, 5.41) is 1.92. The largest absolute Gasteiger partial charge is 0.454 e. The fourth-order valence-electron chi connectivity index (χ4n) is 5.96. The van der Waals surface area contributed by atoms with Crippen LogP contribution in [0.4, 0.5) is 4.39 Å². The van der Waals surface area contributed by atoms with Crippen LogP contribution in [0.1, 0.15) is 30.5 Å². The molecule has 1 aliphatic heterocycles. The second-order valence-electron chi connectivity index (χ2n) is 10.7. The van der Waals surface area contributed by atoms with E-state index in [4.69, 9.17) is 4.42 Å². The Hall–Kier alpha value is -3.89. The molecule has 4 aromatic carbocycles. The Bertz CT molecular complexity index is 1920. The Balaban J connectivity index is 1.47. The SMILES string of the molecule is Cc1ccc2c(oc3c(-c4ccc5c(c4)Sc4ccccc4C5(C)C)c(F)ccc32)c1-c1cccc[n+]1C. The van der Waals surface area contributed by atoms with Crippen LogP contribution >= 0.6 is 11.8 Å². The Kier molecular flexibility index (Phi) is 5.08. The molecule has 0 N–H and O–H groups in total. The van der Waals surface area contributed by atoms with Crippen molar-refractivity contribution in [3.05, 3.63) is 114 Å². The van der Waals surface area contributed by atoms with E-state index in [1.807, 2.05) is 37.5 Å². The quantitative estimate of drug-likeness (QED) is 0.214. The molecule has 7 rings (SSSR count). The highest BCUT2D eigenvalue weighted by molar-refractivity contribution is 7.99. The first-order valence-electron chi connectivity index (χ1n) is 12.9. The highest BCUT2D eigenvalue weighted by Gasteiger charge is 2.33. The summed E-state index contributed by atoms with van der Waals surface area (Å²) in [5.74, 6) is -0.277. The molecule has 0 atom stereocenters. The number of rotatable bonds is 2. The molecule has 0 fully saturated rings. The zero-order valence-corrected chi connectivity index (χ0v) is 22.6. The summed E-state index contributed by atoms with van der Waals surface area (Å²) < 4.78 is 24.4. The molecule has 0 amide bonds. The van der Waals surface area contributed by atoms with Crippen LogP contribution in [0.25, 0.3) is 44.3 Å². The number of fused-ring (bicyclic) bond motifs is 5. The molecule has 0 saturated heterocycles. The molecule has 0 aliphatic carbocycles. The minimum absolute atomic E-state index is 0.128. The second-order valence-corrected chi connectivity index (χ2v) is 11.7. The molecule has 0 radical (unpaired) electrons. The van der Waals surface area contributed by atoms with Crippen LogP contribution in [-0.2, 0) is 12.5 Å². The Labute approximate surface area is 225 Å². The number of aromatic nitrogens is 1. The minimum Gasteiger partial charge on any atom is -0.454 e. The van der Waals surface area contributed by atoms with Gasteiger partial charge in [-0.25, -0.2) is 8.96 Å². The van der Waals surface area contributed by atoms with Crippen molar-refractivity contribution in [1.82, 2.24) is 0 Å². The van der Waals surface area contributed by atoms with Gasteiger partial charge in [-0.1, -0.05) is 68.1 Å². The molecule has 0 bridgehead atoms. The number of hydrogen-bond donors (Lipinski definition) is 0. The standard InChI is InChI=1S/C34H27FNOS/c1-20-12-14-22-23-15-17-26(35)31(33(23)37-32(22)30(20)27-10-7-8-18-36(27)4)21-13-16-25-29(19-21)38-28-11-6-5-9-24(28)34(25,2)3/h5-19H,1-4H3/q+1. The number of benzene rings is 4. The lowest BCUT2D eigenvalue weighted by Gasteiger charge is -2.34. The van der Waals surface area contributed by atoms with Gasteiger partial charge in [-0.3, -0.25) is 0 Å². The van der Waals surface area contributed by atoms with Crippen LogP contribution in [0.15, 0.2) is 105 Å². The van der Waals surface area contributed by atoms with Crippen LogP contribution in [0.3, 0.4) is 0 Å². The maximum Gasteiger partial charge on any atom is 0.216 e. The first-order valence-corrected chi connectivity index (χ1v) is 13.7. The molecular formula is C34H27FNOS+. The van der Waals surface area contributed by atoms with Crippen molar-refractivity contribution >= 4 is 33.7 Å². The molecule has 6 aromatic rings. The first kappa shape index (κ1) is 23.2. The van der Waals surface area contributed by atoms with E-state index in [1.54, 1.807) is 17.8 Å². The zero-order chi connectivity index (χ0) is 26.2. The number of aryl methyl sites for hydroxylation is 2. The lowest BCUT2D eigenvalue weighted by molar-refractivity contribution is -0.660. The summed E-state index contributed by atoms with van der Waals surface area (Å²) in [6.45, 7) is 6.62. The molecule has 2 nitrogen and oxygen atoms in total. The lowest BCUT2D eigenvalue weighted by atomic mass is 9.77. The number of nitrogens with zero attached hydrogens (tertiary/aromatic N) is 1. The van der Waals surface area contributed by atoms with Crippen LogP contribution in [0, 0.1) is 12.7 Å². The third kappa shape index (κ3) is 3.30. The Morgan fingerprint density at radius 2 is 1.47 bits per heavy atom. The monoisotopic (exact) mass is 516 g/mol. The highest BCUT2D eigenvalue weighted by atomic mass is 32.2. The highest BCUT2D eigenvalue weighted by Crippen LogP contribution is 2.50. The summed E-state index contributed by atoms with van der Waals surface area (Å²) >= 11 is 1.76. The van der Waals surface area contributed by atoms with Crippen molar-refractivity contribution in [1.29, 1.82) is 0 Å². The van der Waals surface area contributed by atoms with E-state index in [0.717, 1.165) is 43.6 Å². The topological polar surface area (TPSA) is 17.0 Å². The van der Waals surface area contributed by atoms with Crippen LogP contribution in [0.5, 0.6) is 0 Å². The van der Waals surface area contributed by atoms with Crippen molar-refractivity contribution in [3.63, 3.8) is 0 Å². The van der Waals surface area contributed by atoms with E-state index < -0.39 is 0 Å². The van der Waals surface area contributed by atoms with Gasteiger partial charge in [0.25, 0.3) is 0 Å². The summed E-state index contributed by atoms with van der Waals surface area (Å²) in [7, 11) is 2.03. The van der Waals surface area contributed by atoms with Gasteiger partial charge in [0.1, 0.15) is 24.0 Å². The number of halogens is 1. The van der Waals surface area contributed by atoms with E-state index in [9.17, 15) is 0 Å². The average molecular weight is 517 g/mol. The third-order valence-electron chi connectivity index (χ3n) is 8.00. The van der Waals surface area contributed by atoms with Crippen LogP contribution < -0.4 is 4.57 Å². The van der Waals surface area contributed by atoms with E-state index in [1.165, 1.54) is 16.0 Å². The van der Waals surface area contributed by atoms with Gasteiger partial charge in [0.15, 0.2) is 6.20 Å². The normalized spacial score (nSPS) is 14.0. The molecule has 0 saturated carbocycles. The van der Waals surface area contributed by atoms with Crippen molar-refractivity contribution in [3.8, 4) is 22.4 Å². The molecule has 38 heavy (non-hydrogen) atoms. The molecule has 2 aromatic heterocycles. The van der Waals surface area contributed by atoms with Gasteiger partial charge in [0.2, 0.25) is 5.69 Å². The van der Waals surface area contributed by atoms with Crippen molar-refractivity contribution in [2.45, 2.75) is 36.0 Å². The predicted octanol–water partition coefficient (Wildman–Crippen LogP) is 8.98. The van der Waals surface area contributed by atoms with E-state index >= 15 is 4.39 Å². The fourth-order valence-corrected chi connectivity index (χ4v) is 7.40. The number of furan rings is 1. The van der Waals surface area contributed by atoms with Crippen LogP contribution in [-0.4, -0.2) is 0 Å². The zero-order valence-electron chi connectivity index (χ0n) is 21.8. The van der Waals surface area contributed by atoms with E-state index in [0.29, 0.717) is 11.1 Å². The van der Waals surface area contributed by atoms with Crippen molar-refractivity contribution < 1.29 is 13.4 Å². The van der Waals surface area contributed by atoms with Crippen molar-refractivity contribution in [2.24, 2.45) is 7.05 Å². The Morgan fingerprint density at radius 3 is 2.29 bits per heavy atom. The van der Waals surface area contributed by atoms with Gasteiger partial charge in [0, 0.05) is 38.1 Å². The molecule has 0 unspecified atom stereocenters. The summed E-state index contributed by atoms with van der Waals surface area (Å²) in [5.41, 5.74) is 8.39. The maximum absolute atomic E-state index is 15.7. The van der Waals surface area contributed by atoms with Gasteiger partial charge in [-0.05, 0) is 59.5 Å². The van der Waals surface area contributed by atoms with Gasteiger partial charge >= 0.3 is 0 Å². The average Bonchev–Trinajstić information content (AvgIpc) is 3.27. The van der Waals surface area contributed by atoms with Crippen molar-refractivity contribution in [2.75, 3.05) is 0 Å². The van der Waals surface area contributed by atoms with Crippen LogP contribution in [0.2, 0.25) is 0 Å². The Morgan fingerprint density at radius 1 is 0.763 bits per heavy atom.